The van der Waals surface area contributed by atoms with E-state index in [0.29, 0.717) is 0 Å². The molecule has 0 amide bonds. The van der Waals surface area contributed by atoms with E-state index in [0.717, 1.165) is 20.3 Å². The van der Waals surface area contributed by atoms with Crippen molar-refractivity contribution < 1.29 is 4.39 Å². The summed E-state index contributed by atoms with van der Waals surface area (Å²) < 4.78 is 13.5. The Morgan fingerprint density at radius 3 is 2.38 bits per heavy atom. The van der Waals surface area contributed by atoms with Gasteiger partial charge in [-0.15, -0.1) is 22.9 Å². The minimum atomic E-state index is -0.267. The fraction of sp³-hybridized carbons (Fsp3) is 0.167. The average Bonchev–Trinajstić information content (AvgIpc) is 2.59. The topological polar surface area (TPSA) is 0 Å². The van der Waals surface area contributed by atoms with Crippen LogP contribution in [-0.2, 0) is 0 Å². The van der Waals surface area contributed by atoms with Crippen molar-refractivity contribution in [2.75, 3.05) is 0 Å². The van der Waals surface area contributed by atoms with E-state index in [9.17, 15) is 4.39 Å². The van der Waals surface area contributed by atoms with Crippen molar-refractivity contribution in [2.24, 2.45) is 0 Å². The molecule has 4 heteroatoms. The van der Waals surface area contributed by atoms with E-state index in [1.165, 1.54) is 23.5 Å². The Morgan fingerprint density at radius 2 is 1.88 bits per heavy atom. The highest BCUT2D eigenvalue weighted by atomic mass is 35.5. The molecule has 1 heterocycles. The monoisotopic (exact) mass is 274 g/mol. The van der Waals surface area contributed by atoms with E-state index in [1.54, 1.807) is 12.1 Å². The van der Waals surface area contributed by atoms with Gasteiger partial charge in [-0.1, -0.05) is 23.7 Å². The molecule has 0 aliphatic heterocycles. The van der Waals surface area contributed by atoms with Crippen LogP contribution in [0.3, 0.4) is 0 Å². The largest absolute Gasteiger partial charge is 0.207 e. The molecule has 0 aliphatic rings. The molecule has 0 saturated heterocycles. The van der Waals surface area contributed by atoms with Gasteiger partial charge in [-0.05, 0) is 36.2 Å². The molecule has 0 radical (unpaired) electrons. The summed E-state index contributed by atoms with van der Waals surface area (Å²) in [5.74, 6) is -0.256. The van der Waals surface area contributed by atoms with Crippen LogP contribution in [0.25, 0.3) is 0 Å². The highest BCUT2D eigenvalue weighted by Gasteiger charge is 2.14. The van der Waals surface area contributed by atoms with Crippen LogP contribution in [0, 0.1) is 12.7 Å². The molecule has 1 atom stereocenters. The third-order valence-electron chi connectivity index (χ3n) is 2.29. The lowest BCUT2D eigenvalue weighted by Gasteiger charge is -2.06. The van der Waals surface area contributed by atoms with Gasteiger partial charge in [-0.2, -0.15) is 0 Å². The van der Waals surface area contributed by atoms with E-state index in [-0.39, 0.29) is 11.2 Å². The lowest BCUT2D eigenvalue weighted by Crippen LogP contribution is -1.89. The van der Waals surface area contributed by atoms with Gasteiger partial charge in [0.25, 0.3) is 0 Å². The van der Waals surface area contributed by atoms with Crippen molar-refractivity contribution in [1.82, 2.24) is 0 Å². The van der Waals surface area contributed by atoms with Crippen LogP contribution in [0.1, 0.15) is 21.4 Å². The molecule has 1 aromatic carbocycles. The first-order valence-electron chi connectivity index (χ1n) is 4.73. The molecular weight excluding hydrogens is 266 g/mol. The third-order valence-corrected chi connectivity index (χ3v) is 4.53. The minimum Gasteiger partial charge on any atom is -0.207 e. The highest BCUT2D eigenvalue weighted by Crippen LogP contribution is 2.37. The SMILES string of the molecule is Cc1cc(C(Cl)c2ccc(F)cc2)sc1Cl. The molecule has 0 spiro atoms. The number of halogens is 3. The lowest BCUT2D eigenvalue weighted by molar-refractivity contribution is 0.627. The molecule has 1 aromatic heterocycles. The number of benzene rings is 1. The number of rotatable bonds is 2. The summed E-state index contributed by atoms with van der Waals surface area (Å²) in [5.41, 5.74) is 1.90. The molecule has 2 aromatic rings. The standard InChI is InChI=1S/C12H9Cl2FS/c1-7-6-10(16-12(7)14)11(13)8-2-4-9(15)5-3-8/h2-6,11H,1H3. The lowest BCUT2D eigenvalue weighted by atomic mass is 10.1. The smallest absolute Gasteiger partial charge is 0.123 e. The molecular formula is C12H9Cl2FS. The van der Waals surface area contributed by atoms with Crippen LogP contribution < -0.4 is 0 Å². The van der Waals surface area contributed by atoms with Crippen molar-refractivity contribution in [2.45, 2.75) is 12.3 Å². The summed E-state index contributed by atoms with van der Waals surface area (Å²) in [4.78, 5) is 0.982. The first-order valence-corrected chi connectivity index (χ1v) is 6.36. The van der Waals surface area contributed by atoms with E-state index < -0.39 is 0 Å². The first-order chi connectivity index (χ1) is 7.58. The van der Waals surface area contributed by atoms with Crippen LogP contribution in [0.4, 0.5) is 4.39 Å². The predicted molar refractivity (Wildman–Crippen MR) is 68.2 cm³/mol. The maximum atomic E-state index is 12.8. The maximum absolute atomic E-state index is 12.8. The Balaban J connectivity index is 2.31. The molecule has 0 saturated carbocycles. The van der Waals surface area contributed by atoms with Crippen LogP contribution in [-0.4, -0.2) is 0 Å². The van der Waals surface area contributed by atoms with Crippen LogP contribution in [0.5, 0.6) is 0 Å². The Bertz CT molecular complexity index is 471. The number of hydrogen-bond acceptors (Lipinski definition) is 1. The summed E-state index contributed by atoms with van der Waals surface area (Å²) >= 11 is 13.7. The van der Waals surface area contributed by atoms with E-state index in [1.807, 2.05) is 13.0 Å². The van der Waals surface area contributed by atoms with Crippen molar-refractivity contribution >= 4 is 34.5 Å². The number of aryl methyl sites for hydroxylation is 1. The zero-order valence-corrected chi connectivity index (χ0v) is 10.8. The van der Waals surface area contributed by atoms with Gasteiger partial charge in [0.15, 0.2) is 0 Å². The first kappa shape index (κ1) is 11.9. The number of hydrogen-bond donors (Lipinski definition) is 0. The van der Waals surface area contributed by atoms with Crippen LogP contribution in [0.15, 0.2) is 30.3 Å². The Labute approximate surface area is 108 Å². The van der Waals surface area contributed by atoms with Crippen molar-refractivity contribution in [3.05, 3.63) is 56.5 Å². The van der Waals surface area contributed by atoms with Gasteiger partial charge in [-0.25, -0.2) is 4.39 Å². The quantitative estimate of drug-likeness (QED) is 0.663. The van der Waals surface area contributed by atoms with E-state index in [4.69, 9.17) is 23.2 Å². The highest BCUT2D eigenvalue weighted by molar-refractivity contribution is 7.16. The van der Waals surface area contributed by atoms with Gasteiger partial charge >= 0.3 is 0 Å². The summed E-state index contributed by atoms with van der Waals surface area (Å²) in [6, 6.07) is 8.17. The molecule has 84 valence electrons. The molecule has 0 fully saturated rings. The second-order valence-electron chi connectivity index (χ2n) is 3.52. The summed E-state index contributed by atoms with van der Waals surface area (Å²) in [6.07, 6.45) is 0. The van der Waals surface area contributed by atoms with Gasteiger partial charge in [0.05, 0.1) is 9.71 Å². The number of alkyl halides is 1. The molecule has 0 N–H and O–H groups in total. The molecule has 2 rings (SSSR count). The normalized spacial score (nSPS) is 12.8. The maximum Gasteiger partial charge on any atom is 0.123 e. The summed E-state index contributed by atoms with van der Waals surface area (Å²) in [6.45, 7) is 1.94. The Hall–Kier alpha value is -0.570. The van der Waals surface area contributed by atoms with Gasteiger partial charge in [0.1, 0.15) is 5.82 Å². The van der Waals surface area contributed by atoms with E-state index in [2.05, 4.69) is 0 Å². The van der Waals surface area contributed by atoms with Crippen molar-refractivity contribution in [1.29, 1.82) is 0 Å². The second-order valence-corrected chi connectivity index (χ2v) is 5.64. The molecule has 0 aliphatic carbocycles. The van der Waals surface area contributed by atoms with Crippen LogP contribution in [0.2, 0.25) is 4.34 Å². The second kappa shape index (κ2) is 4.74. The number of thiophene rings is 1. The molecule has 0 bridgehead atoms. The average molecular weight is 275 g/mol. The van der Waals surface area contributed by atoms with E-state index >= 15 is 0 Å². The Kier molecular flexibility index (Phi) is 3.53. The van der Waals surface area contributed by atoms with Gasteiger partial charge < -0.3 is 0 Å². The molecule has 16 heavy (non-hydrogen) atoms. The van der Waals surface area contributed by atoms with Crippen LogP contribution >= 0.6 is 34.5 Å². The van der Waals surface area contributed by atoms with Crippen molar-refractivity contribution in [3.63, 3.8) is 0 Å². The predicted octanol–water partition coefficient (Wildman–Crippen LogP) is 5.18. The van der Waals surface area contributed by atoms with Gasteiger partial charge in [-0.3, -0.25) is 0 Å². The Morgan fingerprint density at radius 1 is 1.25 bits per heavy atom. The van der Waals surface area contributed by atoms with Gasteiger partial charge in [0, 0.05) is 4.88 Å². The summed E-state index contributed by atoms with van der Waals surface area (Å²) in [7, 11) is 0. The zero-order valence-electron chi connectivity index (χ0n) is 8.51. The minimum absolute atomic E-state index is 0.256. The fourth-order valence-electron chi connectivity index (χ4n) is 1.40. The fourth-order valence-corrected chi connectivity index (χ4v) is 2.97. The summed E-state index contributed by atoms with van der Waals surface area (Å²) in [5, 5.41) is -0.267. The zero-order chi connectivity index (χ0) is 11.7. The van der Waals surface area contributed by atoms with Gasteiger partial charge in [0.2, 0.25) is 0 Å². The third kappa shape index (κ3) is 2.40. The molecule has 1 unspecified atom stereocenters. The van der Waals surface area contributed by atoms with Crippen molar-refractivity contribution in [3.8, 4) is 0 Å². The molecule has 0 nitrogen and oxygen atoms in total.